The number of rotatable bonds is 0. The quantitative estimate of drug-likeness (QED) is 0.306. The second-order valence-corrected chi connectivity index (χ2v) is 2.30. The van der Waals surface area contributed by atoms with E-state index in [9.17, 15) is 0 Å². The number of imidazole rings is 1. The Morgan fingerprint density at radius 3 is 2.33 bits per heavy atom. The van der Waals surface area contributed by atoms with Crippen LogP contribution >= 0.6 is 0 Å². The lowest BCUT2D eigenvalue weighted by molar-refractivity contribution is -0.652. The van der Waals surface area contributed by atoms with Crippen molar-refractivity contribution in [2.75, 3.05) is 0 Å². The van der Waals surface area contributed by atoms with E-state index in [1.165, 1.54) is 5.69 Å². The van der Waals surface area contributed by atoms with Crippen LogP contribution in [0.4, 0.5) is 0 Å². The molecule has 0 bridgehead atoms. The van der Waals surface area contributed by atoms with Gasteiger partial charge in [0.05, 0.1) is 14.1 Å². The summed E-state index contributed by atoms with van der Waals surface area (Å²) in [5, 5.41) is 0. The Balaban J connectivity index is 3.29. The summed E-state index contributed by atoms with van der Waals surface area (Å²) < 4.78 is 3.84. The van der Waals surface area contributed by atoms with E-state index >= 15 is 0 Å². The predicted molar refractivity (Wildman–Crippen MR) is 36.7 cm³/mol. The van der Waals surface area contributed by atoms with Crippen LogP contribution in [0.3, 0.4) is 0 Å². The van der Waals surface area contributed by atoms with Crippen LogP contribution < -0.4 is 10.3 Å². The second-order valence-electron chi connectivity index (χ2n) is 2.30. The lowest BCUT2D eigenvalue weighted by Crippen LogP contribution is -2.45. The number of nitrogens with zero attached hydrogens (tertiary/aromatic N) is 2. The van der Waals surface area contributed by atoms with Crippen molar-refractivity contribution >= 4 is 13.6 Å². The molecule has 0 unspecified atom stereocenters. The lowest BCUT2D eigenvalue weighted by Gasteiger charge is -1.88. The molecule has 1 aromatic heterocycles. The van der Waals surface area contributed by atoms with Crippen LogP contribution in [-0.2, 0) is 14.1 Å². The molecule has 0 spiro atoms. The van der Waals surface area contributed by atoms with E-state index in [1.54, 1.807) is 0 Å². The zero-order chi connectivity index (χ0) is 7.02. The van der Waals surface area contributed by atoms with Crippen LogP contribution in [0.5, 0.6) is 0 Å². The molecule has 0 fully saturated rings. The molecule has 46 valence electrons. The Bertz CT molecular complexity index is 205. The zero-order valence-electron chi connectivity index (χ0n) is 6.05. The predicted octanol–water partition coefficient (Wildman–Crippen LogP) is -1.05. The fourth-order valence-corrected chi connectivity index (χ4v) is 0.850. The van der Waals surface area contributed by atoms with Gasteiger partial charge in [-0.15, -0.1) is 0 Å². The SMILES string of the molecule is [B]c1n(C)c(C)c[n+]1C. The van der Waals surface area contributed by atoms with Crippen LogP contribution in [0.15, 0.2) is 6.20 Å². The van der Waals surface area contributed by atoms with E-state index in [2.05, 4.69) is 0 Å². The molecule has 2 radical (unpaired) electrons. The Labute approximate surface area is 56.5 Å². The van der Waals surface area contributed by atoms with Crippen molar-refractivity contribution in [3.05, 3.63) is 11.9 Å². The van der Waals surface area contributed by atoms with Crippen LogP contribution in [0, 0.1) is 6.92 Å². The first-order chi connectivity index (χ1) is 4.13. The van der Waals surface area contributed by atoms with Crippen molar-refractivity contribution in [1.82, 2.24) is 4.57 Å². The number of hydrogen-bond donors (Lipinski definition) is 0. The van der Waals surface area contributed by atoms with Crippen molar-refractivity contribution < 1.29 is 4.57 Å². The van der Waals surface area contributed by atoms with Crippen molar-refractivity contribution in [3.63, 3.8) is 0 Å². The molecule has 0 aliphatic carbocycles. The molecule has 0 N–H and O–H groups in total. The van der Waals surface area contributed by atoms with E-state index < -0.39 is 0 Å². The normalized spacial score (nSPS) is 10.1. The fourth-order valence-electron chi connectivity index (χ4n) is 0.850. The Hall–Kier alpha value is -0.725. The van der Waals surface area contributed by atoms with Gasteiger partial charge in [0.1, 0.15) is 11.9 Å². The van der Waals surface area contributed by atoms with Crippen LogP contribution in [0.2, 0.25) is 0 Å². The first kappa shape index (κ1) is 6.40. The minimum Gasteiger partial charge on any atom is -0.248 e. The summed E-state index contributed by atoms with van der Waals surface area (Å²) in [5.74, 6) is 0. The van der Waals surface area contributed by atoms with E-state index in [4.69, 9.17) is 7.85 Å². The van der Waals surface area contributed by atoms with Gasteiger partial charge in [0.2, 0.25) is 7.85 Å². The van der Waals surface area contributed by atoms with E-state index in [0.29, 0.717) is 0 Å². The minimum absolute atomic E-state index is 0.785. The van der Waals surface area contributed by atoms with E-state index in [-0.39, 0.29) is 0 Å². The molecule has 0 amide bonds. The first-order valence-electron chi connectivity index (χ1n) is 2.90. The highest BCUT2D eigenvalue weighted by atomic mass is 15.1. The monoisotopic (exact) mass is 121 g/mol. The minimum atomic E-state index is 0.785. The van der Waals surface area contributed by atoms with Crippen LogP contribution in [-0.4, -0.2) is 12.4 Å². The Morgan fingerprint density at radius 2 is 2.22 bits per heavy atom. The van der Waals surface area contributed by atoms with Gasteiger partial charge in [0.25, 0.3) is 0 Å². The topological polar surface area (TPSA) is 8.81 Å². The summed E-state index contributed by atoms with van der Waals surface area (Å²) >= 11 is 0. The average Bonchev–Trinajstić information content (AvgIpc) is 1.98. The van der Waals surface area contributed by atoms with Gasteiger partial charge in [-0.25, -0.2) is 9.13 Å². The molecule has 0 aromatic carbocycles. The molecule has 9 heavy (non-hydrogen) atoms. The smallest absolute Gasteiger partial charge is 0.239 e. The molecular formula is C6H10BN2+. The summed E-state index contributed by atoms with van der Waals surface area (Å²) in [6.07, 6.45) is 2.00. The maximum absolute atomic E-state index is 5.63. The highest BCUT2D eigenvalue weighted by Gasteiger charge is 2.06. The number of hydrogen-bond acceptors (Lipinski definition) is 0. The first-order valence-corrected chi connectivity index (χ1v) is 2.90. The van der Waals surface area contributed by atoms with Crippen LogP contribution in [0.1, 0.15) is 5.69 Å². The maximum Gasteiger partial charge on any atom is 0.239 e. The summed E-state index contributed by atoms with van der Waals surface area (Å²) in [6.45, 7) is 2.02. The van der Waals surface area contributed by atoms with Gasteiger partial charge >= 0.3 is 0 Å². The van der Waals surface area contributed by atoms with Gasteiger partial charge in [-0.1, -0.05) is 0 Å². The molecule has 3 heteroatoms. The van der Waals surface area contributed by atoms with Crippen molar-refractivity contribution in [1.29, 1.82) is 0 Å². The van der Waals surface area contributed by atoms with Gasteiger partial charge in [-0.2, -0.15) is 0 Å². The largest absolute Gasteiger partial charge is 0.248 e. The molecule has 1 aromatic rings. The van der Waals surface area contributed by atoms with Gasteiger partial charge in [-0.05, 0) is 0 Å². The van der Waals surface area contributed by atoms with Gasteiger partial charge in [0.15, 0.2) is 5.72 Å². The van der Waals surface area contributed by atoms with Gasteiger partial charge in [0, 0.05) is 6.92 Å². The molecule has 0 aliphatic rings. The van der Waals surface area contributed by atoms with Crippen molar-refractivity contribution in [2.24, 2.45) is 14.1 Å². The highest BCUT2D eigenvalue weighted by molar-refractivity contribution is 6.27. The summed E-state index contributed by atoms with van der Waals surface area (Å²) in [6, 6.07) is 0. The van der Waals surface area contributed by atoms with E-state index in [1.807, 2.05) is 36.4 Å². The molecule has 0 saturated carbocycles. The summed E-state index contributed by atoms with van der Waals surface area (Å²) in [7, 11) is 9.51. The summed E-state index contributed by atoms with van der Waals surface area (Å²) in [4.78, 5) is 0. The van der Waals surface area contributed by atoms with Crippen molar-refractivity contribution in [3.8, 4) is 0 Å². The van der Waals surface area contributed by atoms with Gasteiger partial charge < -0.3 is 0 Å². The summed E-state index contributed by atoms with van der Waals surface area (Å²) in [5.41, 5.74) is 1.96. The number of aryl methyl sites for hydroxylation is 2. The second kappa shape index (κ2) is 1.90. The molecule has 1 heterocycles. The average molecular weight is 121 g/mol. The molecular weight excluding hydrogens is 111 g/mol. The zero-order valence-corrected chi connectivity index (χ0v) is 6.05. The maximum atomic E-state index is 5.63. The fraction of sp³-hybridized carbons (Fsp3) is 0.500. The Kier molecular flexibility index (Phi) is 1.35. The van der Waals surface area contributed by atoms with Gasteiger partial charge in [-0.3, -0.25) is 0 Å². The number of aromatic nitrogens is 2. The van der Waals surface area contributed by atoms with E-state index in [0.717, 1.165) is 5.72 Å². The van der Waals surface area contributed by atoms with Crippen LogP contribution in [0.25, 0.3) is 0 Å². The third-order valence-electron chi connectivity index (χ3n) is 1.61. The standard InChI is InChI=1S/C6H10BN2/c1-5-4-8(2)6(7)9(5)3/h4H,1-3H3/q+1. The highest BCUT2D eigenvalue weighted by Crippen LogP contribution is 1.84. The molecule has 0 aliphatic heterocycles. The lowest BCUT2D eigenvalue weighted by atomic mass is 10.1. The Morgan fingerprint density at radius 1 is 1.67 bits per heavy atom. The molecule has 1 rings (SSSR count). The third kappa shape index (κ3) is 0.868. The molecule has 0 atom stereocenters. The van der Waals surface area contributed by atoms with Crippen molar-refractivity contribution in [2.45, 2.75) is 6.92 Å². The molecule has 2 nitrogen and oxygen atoms in total. The third-order valence-corrected chi connectivity index (χ3v) is 1.61. The molecule has 0 saturated heterocycles.